The zero-order chi connectivity index (χ0) is 21.8. The SMILES string of the molecule is CCOC(=O)c1n[nH]nc1-c1ccccc1OCc1nc(-c2ccccc2Cl)oc1C. The van der Waals surface area contributed by atoms with Crippen molar-refractivity contribution in [2.75, 3.05) is 6.61 Å². The van der Waals surface area contributed by atoms with Crippen molar-refractivity contribution < 1.29 is 18.7 Å². The smallest absolute Gasteiger partial charge is 0.361 e. The van der Waals surface area contributed by atoms with Crippen LogP contribution in [0.2, 0.25) is 5.02 Å². The van der Waals surface area contributed by atoms with Crippen LogP contribution in [-0.4, -0.2) is 33.0 Å². The van der Waals surface area contributed by atoms with Crippen molar-refractivity contribution in [2.24, 2.45) is 0 Å². The Kier molecular flexibility index (Phi) is 5.99. The Morgan fingerprint density at radius 1 is 1.10 bits per heavy atom. The Hall–Kier alpha value is -3.65. The number of aromatic amines is 1. The van der Waals surface area contributed by atoms with Crippen LogP contribution >= 0.6 is 11.6 Å². The molecule has 0 atom stereocenters. The predicted octanol–water partition coefficient (Wildman–Crippen LogP) is 4.84. The van der Waals surface area contributed by atoms with Crippen LogP contribution in [0.25, 0.3) is 22.7 Å². The number of carbonyl (C=O) groups excluding carboxylic acids is 1. The Morgan fingerprint density at radius 2 is 1.84 bits per heavy atom. The highest BCUT2D eigenvalue weighted by molar-refractivity contribution is 6.33. The molecule has 158 valence electrons. The van der Waals surface area contributed by atoms with Gasteiger partial charge >= 0.3 is 5.97 Å². The number of halogens is 1. The summed E-state index contributed by atoms with van der Waals surface area (Å²) < 4.78 is 16.9. The van der Waals surface area contributed by atoms with Gasteiger partial charge in [0, 0.05) is 5.56 Å². The summed E-state index contributed by atoms with van der Waals surface area (Å²) >= 11 is 6.25. The number of carbonyl (C=O) groups is 1. The van der Waals surface area contributed by atoms with Crippen LogP contribution in [0, 0.1) is 6.92 Å². The Labute approximate surface area is 183 Å². The van der Waals surface area contributed by atoms with E-state index in [-0.39, 0.29) is 18.9 Å². The number of oxazole rings is 1. The zero-order valence-electron chi connectivity index (χ0n) is 16.9. The lowest BCUT2D eigenvalue weighted by molar-refractivity contribution is 0.0520. The van der Waals surface area contributed by atoms with Gasteiger partial charge in [0.05, 0.1) is 17.2 Å². The maximum atomic E-state index is 12.2. The first-order chi connectivity index (χ1) is 15.1. The molecular formula is C22H19ClN4O4. The van der Waals surface area contributed by atoms with E-state index in [0.717, 1.165) is 0 Å². The lowest BCUT2D eigenvalue weighted by Gasteiger charge is -2.09. The van der Waals surface area contributed by atoms with Crippen molar-refractivity contribution in [1.29, 1.82) is 0 Å². The number of rotatable bonds is 7. The van der Waals surface area contributed by atoms with Gasteiger partial charge in [-0.15, -0.1) is 5.10 Å². The van der Waals surface area contributed by atoms with Crippen LogP contribution in [-0.2, 0) is 11.3 Å². The number of benzene rings is 2. The van der Waals surface area contributed by atoms with Gasteiger partial charge in [-0.3, -0.25) is 0 Å². The van der Waals surface area contributed by atoms with Gasteiger partial charge in [0.15, 0.2) is 5.69 Å². The minimum absolute atomic E-state index is 0.0940. The number of hydrogen-bond donors (Lipinski definition) is 1. The lowest BCUT2D eigenvalue weighted by Crippen LogP contribution is -2.07. The quantitative estimate of drug-likeness (QED) is 0.411. The third-order valence-electron chi connectivity index (χ3n) is 4.52. The standard InChI is InChI=1S/C22H19ClN4O4/c1-3-29-22(28)20-19(25-27-26-20)15-9-5-7-11-18(15)30-12-17-13(2)31-21(24-17)14-8-4-6-10-16(14)23/h4-11H,3,12H2,1-2H3,(H,25,26,27). The predicted molar refractivity (Wildman–Crippen MR) is 114 cm³/mol. The molecule has 8 nitrogen and oxygen atoms in total. The maximum absolute atomic E-state index is 12.2. The normalized spacial score (nSPS) is 10.8. The van der Waals surface area contributed by atoms with Crippen molar-refractivity contribution >= 4 is 17.6 Å². The van der Waals surface area contributed by atoms with Crippen molar-refractivity contribution in [2.45, 2.75) is 20.5 Å². The van der Waals surface area contributed by atoms with Crippen LogP contribution in [0.5, 0.6) is 5.75 Å². The van der Waals surface area contributed by atoms with Gasteiger partial charge < -0.3 is 13.9 Å². The van der Waals surface area contributed by atoms with Gasteiger partial charge in [-0.1, -0.05) is 35.9 Å². The number of nitrogens with zero attached hydrogens (tertiary/aromatic N) is 3. The fourth-order valence-corrected chi connectivity index (χ4v) is 3.22. The monoisotopic (exact) mass is 438 g/mol. The van der Waals surface area contributed by atoms with Crippen LogP contribution in [0.1, 0.15) is 28.9 Å². The van der Waals surface area contributed by atoms with Gasteiger partial charge in [0.2, 0.25) is 5.89 Å². The second kappa shape index (κ2) is 9.01. The molecule has 2 aromatic carbocycles. The van der Waals surface area contributed by atoms with Crippen molar-refractivity contribution in [3.8, 4) is 28.5 Å². The molecule has 0 radical (unpaired) electrons. The summed E-state index contributed by atoms with van der Waals surface area (Å²) in [5.74, 6) is 1.01. The number of aryl methyl sites for hydroxylation is 1. The molecule has 0 bridgehead atoms. The summed E-state index contributed by atoms with van der Waals surface area (Å²) in [4.78, 5) is 16.7. The molecule has 1 N–H and O–H groups in total. The molecule has 2 heterocycles. The third-order valence-corrected chi connectivity index (χ3v) is 4.85. The molecular weight excluding hydrogens is 420 g/mol. The average Bonchev–Trinajstić information content (AvgIpc) is 3.40. The molecule has 0 fully saturated rings. The minimum atomic E-state index is -0.558. The summed E-state index contributed by atoms with van der Waals surface area (Å²) in [6.45, 7) is 3.94. The van der Waals surface area contributed by atoms with E-state index in [1.54, 1.807) is 25.1 Å². The second-order valence-electron chi connectivity index (χ2n) is 6.53. The molecule has 2 aromatic heterocycles. The van der Waals surface area contributed by atoms with E-state index in [2.05, 4.69) is 20.4 Å². The van der Waals surface area contributed by atoms with Crippen LogP contribution in [0.4, 0.5) is 0 Å². The number of para-hydroxylation sites is 1. The average molecular weight is 439 g/mol. The topological polar surface area (TPSA) is 103 Å². The van der Waals surface area contributed by atoms with E-state index in [9.17, 15) is 4.79 Å². The first kappa shape index (κ1) is 20.6. The number of nitrogens with one attached hydrogen (secondary N) is 1. The van der Waals surface area contributed by atoms with Crippen LogP contribution in [0.3, 0.4) is 0 Å². The molecule has 9 heteroatoms. The molecule has 0 aliphatic heterocycles. The lowest BCUT2D eigenvalue weighted by atomic mass is 10.1. The summed E-state index contributed by atoms with van der Waals surface area (Å²) in [7, 11) is 0. The molecule has 31 heavy (non-hydrogen) atoms. The van der Waals surface area contributed by atoms with Gasteiger partial charge in [-0.2, -0.15) is 10.3 Å². The number of esters is 1. The largest absolute Gasteiger partial charge is 0.486 e. The van der Waals surface area contributed by atoms with E-state index in [1.165, 1.54) is 0 Å². The summed E-state index contributed by atoms with van der Waals surface area (Å²) in [6.07, 6.45) is 0. The van der Waals surface area contributed by atoms with Crippen molar-refractivity contribution in [3.05, 3.63) is 70.7 Å². The first-order valence-corrected chi connectivity index (χ1v) is 9.97. The molecule has 0 amide bonds. The molecule has 0 aliphatic rings. The van der Waals surface area contributed by atoms with Gasteiger partial charge in [0.1, 0.15) is 29.5 Å². The Morgan fingerprint density at radius 3 is 2.61 bits per heavy atom. The summed E-state index contributed by atoms with van der Waals surface area (Å²) in [5.41, 5.74) is 2.39. The second-order valence-corrected chi connectivity index (χ2v) is 6.94. The van der Waals surface area contributed by atoms with E-state index in [4.69, 9.17) is 25.5 Å². The molecule has 4 aromatic rings. The molecule has 0 spiro atoms. The fourth-order valence-electron chi connectivity index (χ4n) is 3.01. The summed E-state index contributed by atoms with van der Waals surface area (Å²) in [5, 5.41) is 11.1. The highest BCUT2D eigenvalue weighted by Gasteiger charge is 2.22. The summed E-state index contributed by atoms with van der Waals surface area (Å²) in [6, 6.07) is 14.6. The van der Waals surface area contributed by atoms with E-state index >= 15 is 0 Å². The third kappa shape index (κ3) is 4.29. The van der Waals surface area contributed by atoms with Gasteiger partial charge in [-0.05, 0) is 38.1 Å². The van der Waals surface area contributed by atoms with E-state index < -0.39 is 5.97 Å². The highest BCUT2D eigenvalue weighted by atomic mass is 35.5. The molecule has 0 saturated heterocycles. The van der Waals surface area contributed by atoms with Crippen molar-refractivity contribution in [1.82, 2.24) is 20.4 Å². The fraction of sp³-hybridized carbons (Fsp3) is 0.182. The molecule has 0 saturated carbocycles. The Balaban J connectivity index is 1.59. The van der Waals surface area contributed by atoms with Gasteiger partial charge in [-0.25, -0.2) is 9.78 Å². The molecule has 0 aliphatic carbocycles. The van der Waals surface area contributed by atoms with E-state index in [1.807, 2.05) is 37.3 Å². The first-order valence-electron chi connectivity index (χ1n) is 9.59. The molecule has 4 rings (SSSR count). The number of hydrogen-bond acceptors (Lipinski definition) is 7. The zero-order valence-corrected chi connectivity index (χ0v) is 17.6. The number of H-pyrrole nitrogens is 1. The highest BCUT2D eigenvalue weighted by Crippen LogP contribution is 2.32. The van der Waals surface area contributed by atoms with Crippen LogP contribution < -0.4 is 4.74 Å². The molecule has 0 unspecified atom stereocenters. The Bertz CT molecular complexity index is 1220. The number of aromatic nitrogens is 4. The number of ether oxygens (including phenoxy) is 2. The minimum Gasteiger partial charge on any atom is -0.486 e. The van der Waals surface area contributed by atoms with E-state index in [0.29, 0.717) is 44.9 Å². The van der Waals surface area contributed by atoms with Crippen molar-refractivity contribution in [3.63, 3.8) is 0 Å². The van der Waals surface area contributed by atoms with Crippen LogP contribution in [0.15, 0.2) is 52.9 Å². The van der Waals surface area contributed by atoms with Gasteiger partial charge in [0.25, 0.3) is 0 Å². The maximum Gasteiger partial charge on any atom is 0.361 e.